The van der Waals surface area contributed by atoms with Crippen LogP contribution in [0.3, 0.4) is 0 Å². The molecule has 1 fully saturated rings. The summed E-state index contributed by atoms with van der Waals surface area (Å²) >= 11 is 0. The molecule has 0 aromatic carbocycles. The highest BCUT2D eigenvalue weighted by atomic mass is 16.2. The monoisotopic (exact) mass is 248 g/mol. The molecule has 3 N–H and O–H groups in total. The molecule has 0 spiro atoms. The molecular weight excluding hydrogens is 232 g/mol. The topological polar surface area (TPSA) is 88.3 Å². The first-order valence-electron chi connectivity index (χ1n) is 5.91. The second-order valence-electron chi connectivity index (χ2n) is 4.14. The van der Waals surface area contributed by atoms with Gasteiger partial charge in [0.25, 0.3) is 0 Å². The van der Waals surface area contributed by atoms with E-state index in [2.05, 4.69) is 10.3 Å². The summed E-state index contributed by atoms with van der Waals surface area (Å²) in [6.45, 7) is 2.34. The van der Waals surface area contributed by atoms with Crippen LogP contribution < -0.4 is 16.0 Å². The zero-order valence-electron chi connectivity index (χ0n) is 10.2. The number of aromatic nitrogens is 1. The number of hydrogen-bond donors (Lipinski definition) is 2. The Balaban J connectivity index is 2.39. The van der Waals surface area contributed by atoms with E-state index in [1.54, 1.807) is 17.2 Å². The quantitative estimate of drug-likeness (QED) is 0.722. The first-order valence-corrected chi connectivity index (χ1v) is 5.91. The number of nitrogens with two attached hydrogens (primary N) is 1. The Morgan fingerprint density at radius 1 is 1.56 bits per heavy atom. The van der Waals surface area contributed by atoms with Crippen LogP contribution in [0.4, 0.5) is 5.69 Å². The van der Waals surface area contributed by atoms with Crippen LogP contribution in [0.25, 0.3) is 0 Å². The van der Waals surface area contributed by atoms with E-state index in [0.29, 0.717) is 12.1 Å². The normalized spacial score (nSPS) is 19.9. The number of nitrogens with zero attached hydrogens (tertiary/aromatic N) is 2. The van der Waals surface area contributed by atoms with Gasteiger partial charge in [0, 0.05) is 12.7 Å². The molecule has 2 rings (SSSR count). The number of rotatable bonds is 3. The van der Waals surface area contributed by atoms with Crippen molar-refractivity contribution in [3.05, 3.63) is 24.0 Å². The van der Waals surface area contributed by atoms with Crippen molar-refractivity contribution in [3.8, 4) is 0 Å². The average molecular weight is 248 g/mol. The maximum absolute atomic E-state index is 11.8. The van der Waals surface area contributed by atoms with Crippen LogP contribution in [0, 0.1) is 0 Å². The van der Waals surface area contributed by atoms with Gasteiger partial charge in [0.2, 0.25) is 11.8 Å². The molecule has 1 aliphatic rings. The molecule has 2 heterocycles. The number of pyridine rings is 1. The van der Waals surface area contributed by atoms with Crippen molar-refractivity contribution in [1.29, 1.82) is 0 Å². The molecule has 18 heavy (non-hydrogen) atoms. The van der Waals surface area contributed by atoms with Crippen molar-refractivity contribution in [2.24, 2.45) is 5.73 Å². The molecular formula is C12H16N4O2. The maximum Gasteiger partial charge on any atom is 0.249 e. The summed E-state index contributed by atoms with van der Waals surface area (Å²) in [5.41, 5.74) is 7.09. The van der Waals surface area contributed by atoms with Crippen molar-refractivity contribution >= 4 is 17.5 Å². The third kappa shape index (κ3) is 2.19. The van der Waals surface area contributed by atoms with E-state index in [4.69, 9.17) is 5.73 Å². The molecule has 1 aromatic rings. The van der Waals surface area contributed by atoms with E-state index < -0.39 is 0 Å². The second kappa shape index (κ2) is 5.14. The summed E-state index contributed by atoms with van der Waals surface area (Å²) in [5, 5.41) is 2.35. The summed E-state index contributed by atoms with van der Waals surface area (Å²) in [7, 11) is 0. The van der Waals surface area contributed by atoms with Crippen molar-refractivity contribution in [2.45, 2.75) is 25.9 Å². The lowest BCUT2D eigenvalue weighted by Crippen LogP contribution is -2.58. The van der Waals surface area contributed by atoms with E-state index in [1.807, 2.05) is 13.0 Å². The Morgan fingerprint density at radius 3 is 3.00 bits per heavy atom. The average Bonchev–Trinajstić information content (AvgIpc) is 2.38. The van der Waals surface area contributed by atoms with Crippen LogP contribution in [0.1, 0.15) is 19.0 Å². The summed E-state index contributed by atoms with van der Waals surface area (Å²) in [6.07, 6.45) is 2.27. The van der Waals surface area contributed by atoms with E-state index in [-0.39, 0.29) is 30.9 Å². The molecule has 2 amide bonds. The minimum absolute atomic E-state index is 0.156. The molecule has 1 aromatic heterocycles. The smallest absolute Gasteiger partial charge is 0.249 e. The Hall–Kier alpha value is -1.95. The lowest BCUT2D eigenvalue weighted by atomic mass is 10.1. The molecule has 0 aliphatic carbocycles. The van der Waals surface area contributed by atoms with Crippen molar-refractivity contribution in [1.82, 2.24) is 10.3 Å². The molecule has 96 valence electrons. The van der Waals surface area contributed by atoms with Gasteiger partial charge in [-0.1, -0.05) is 6.92 Å². The molecule has 0 bridgehead atoms. The summed E-state index contributed by atoms with van der Waals surface area (Å²) in [5.74, 6) is -0.558. The molecule has 0 saturated carbocycles. The third-order valence-electron chi connectivity index (χ3n) is 3.01. The van der Waals surface area contributed by atoms with Gasteiger partial charge < -0.3 is 10.6 Å². The van der Waals surface area contributed by atoms with Crippen LogP contribution in [0.2, 0.25) is 0 Å². The fraction of sp³-hybridized carbons (Fsp3) is 0.417. The number of carbonyl (C=O) groups is 2. The fourth-order valence-corrected chi connectivity index (χ4v) is 2.17. The molecule has 1 unspecified atom stereocenters. The highest BCUT2D eigenvalue weighted by Crippen LogP contribution is 2.23. The number of nitrogens with one attached hydrogen (secondary N) is 1. The van der Waals surface area contributed by atoms with Crippen molar-refractivity contribution in [3.63, 3.8) is 0 Å². The van der Waals surface area contributed by atoms with Crippen molar-refractivity contribution in [2.75, 3.05) is 11.4 Å². The van der Waals surface area contributed by atoms with Crippen LogP contribution in [0.15, 0.2) is 18.3 Å². The summed E-state index contributed by atoms with van der Waals surface area (Å²) in [4.78, 5) is 29.2. The summed E-state index contributed by atoms with van der Waals surface area (Å²) < 4.78 is 0. The number of piperazine rings is 1. The Kier molecular flexibility index (Phi) is 3.57. The zero-order valence-corrected chi connectivity index (χ0v) is 10.2. The standard InChI is InChI=1S/C12H16N4O2/c1-2-9-12(18)15-11(17)7-16(9)10-4-3-5-14-8(10)6-13/h3-5,9H,2,6-7,13H2,1H3,(H,15,17,18). The first kappa shape index (κ1) is 12.5. The number of imide groups is 1. The van der Waals surface area contributed by atoms with E-state index in [1.165, 1.54) is 0 Å². The Bertz CT molecular complexity index is 475. The second-order valence-corrected chi connectivity index (χ2v) is 4.14. The van der Waals surface area contributed by atoms with Crippen LogP contribution in [-0.4, -0.2) is 29.4 Å². The van der Waals surface area contributed by atoms with Gasteiger partial charge in [0.05, 0.1) is 17.9 Å². The van der Waals surface area contributed by atoms with Crippen LogP contribution >= 0.6 is 0 Å². The molecule has 0 radical (unpaired) electrons. The van der Waals surface area contributed by atoms with Crippen LogP contribution in [0.5, 0.6) is 0 Å². The summed E-state index contributed by atoms with van der Waals surface area (Å²) in [6, 6.07) is 3.26. The van der Waals surface area contributed by atoms with Gasteiger partial charge in [-0.15, -0.1) is 0 Å². The van der Waals surface area contributed by atoms with E-state index in [9.17, 15) is 9.59 Å². The largest absolute Gasteiger partial charge is 0.349 e. The maximum atomic E-state index is 11.8. The molecule has 1 saturated heterocycles. The molecule has 1 aliphatic heterocycles. The minimum atomic E-state index is -0.350. The number of carbonyl (C=O) groups excluding carboxylic acids is 2. The van der Waals surface area contributed by atoms with Gasteiger partial charge in [-0.2, -0.15) is 0 Å². The number of hydrogen-bond acceptors (Lipinski definition) is 5. The van der Waals surface area contributed by atoms with E-state index in [0.717, 1.165) is 5.69 Å². The van der Waals surface area contributed by atoms with Crippen LogP contribution in [-0.2, 0) is 16.1 Å². The SMILES string of the molecule is CCC1C(=O)NC(=O)CN1c1cccnc1CN. The highest BCUT2D eigenvalue weighted by Gasteiger charge is 2.33. The third-order valence-corrected chi connectivity index (χ3v) is 3.01. The van der Waals surface area contributed by atoms with E-state index >= 15 is 0 Å². The van der Waals surface area contributed by atoms with Gasteiger partial charge in [-0.05, 0) is 18.6 Å². The minimum Gasteiger partial charge on any atom is -0.349 e. The zero-order chi connectivity index (χ0) is 13.1. The predicted octanol–water partition coefficient (Wildman–Crippen LogP) is -0.218. The highest BCUT2D eigenvalue weighted by molar-refractivity contribution is 6.04. The lowest BCUT2D eigenvalue weighted by molar-refractivity contribution is -0.132. The van der Waals surface area contributed by atoms with Gasteiger partial charge >= 0.3 is 0 Å². The molecule has 1 atom stereocenters. The number of anilines is 1. The van der Waals surface area contributed by atoms with Gasteiger partial charge in [-0.3, -0.25) is 19.9 Å². The van der Waals surface area contributed by atoms with Gasteiger partial charge in [0.15, 0.2) is 0 Å². The lowest BCUT2D eigenvalue weighted by Gasteiger charge is -2.35. The Labute approximate surface area is 105 Å². The van der Waals surface area contributed by atoms with Gasteiger partial charge in [0.1, 0.15) is 6.04 Å². The molecule has 6 heteroatoms. The fourth-order valence-electron chi connectivity index (χ4n) is 2.17. The van der Waals surface area contributed by atoms with Gasteiger partial charge in [-0.25, -0.2) is 0 Å². The first-order chi connectivity index (χ1) is 8.67. The predicted molar refractivity (Wildman–Crippen MR) is 66.7 cm³/mol. The Morgan fingerprint density at radius 2 is 2.33 bits per heavy atom. The number of amides is 2. The molecule has 6 nitrogen and oxygen atoms in total. The van der Waals surface area contributed by atoms with Crippen molar-refractivity contribution < 1.29 is 9.59 Å².